The van der Waals surface area contributed by atoms with Gasteiger partial charge in [-0.05, 0) is 0 Å². The predicted molar refractivity (Wildman–Crippen MR) is 63.8 cm³/mol. The van der Waals surface area contributed by atoms with Gasteiger partial charge in [0.15, 0.2) is 0 Å². The minimum Gasteiger partial charge on any atom is -0.468 e. The summed E-state index contributed by atoms with van der Waals surface area (Å²) in [5.41, 5.74) is 1.76. The first-order valence-corrected chi connectivity index (χ1v) is 5.21. The van der Waals surface area contributed by atoms with Gasteiger partial charge in [0.2, 0.25) is 0 Å². The molecule has 17 heavy (non-hydrogen) atoms. The van der Waals surface area contributed by atoms with E-state index < -0.39 is 0 Å². The van der Waals surface area contributed by atoms with Crippen molar-refractivity contribution in [1.29, 1.82) is 0 Å². The molecule has 4 nitrogen and oxygen atoms in total. The summed E-state index contributed by atoms with van der Waals surface area (Å²) >= 11 is 0. The molecular weight excluding hydrogens is 216 g/mol. The van der Waals surface area contributed by atoms with E-state index in [2.05, 4.69) is 9.97 Å². The van der Waals surface area contributed by atoms with E-state index in [1.807, 2.05) is 18.2 Å². The summed E-state index contributed by atoms with van der Waals surface area (Å²) in [5.74, 6) is 0.501. The summed E-state index contributed by atoms with van der Waals surface area (Å²) in [4.78, 5) is 8.37. The van der Waals surface area contributed by atoms with Crippen LogP contribution in [0.15, 0.2) is 47.5 Å². The molecular formula is C13H10N2O2. The standard InChI is InChI=1S/C13H10N2O2/c1-16-13-12-9(8-17-13)3-2-4-10(12)11-7-14-5-6-15-11/h2-8H,1H3. The van der Waals surface area contributed by atoms with Crippen LogP contribution in [0, 0.1) is 0 Å². The first kappa shape index (κ1) is 9.84. The van der Waals surface area contributed by atoms with Gasteiger partial charge in [0, 0.05) is 23.3 Å². The zero-order valence-corrected chi connectivity index (χ0v) is 9.25. The Balaban J connectivity index is 2.33. The summed E-state index contributed by atoms with van der Waals surface area (Å²) in [6, 6.07) is 5.91. The molecule has 0 aliphatic rings. The molecule has 0 unspecified atom stereocenters. The third-order valence-corrected chi connectivity index (χ3v) is 2.62. The molecule has 2 aromatic heterocycles. The number of methoxy groups -OCH3 is 1. The number of fused-ring (bicyclic) bond motifs is 1. The SMILES string of the molecule is COc1occ2cccc(-c3cnccn3)c12. The fraction of sp³-hybridized carbons (Fsp3) is 0.0769. The Morgan fingerprint density at radius 1 is 1.24 bits per heavy atom. The van der Waals surface area contributed by atoms with Gasteiger partial charge in [-0.1, -0.05) is 18.2 Å². The Morgan fingerprint density at radius 2 is 2.18 bits per heavy atom. The van der Waals surface area contributed by atoms with Crippen molar-refractivity contribution in [3.8, 4) is 17.2 Å². The average Bonchev–Trinajstić information content (AvgIpc) is 2.82. The van der Waals surface area contributed by atoms with Gasteiger partial charge in [0.25, 0.3) is 5.95 Å². The minimum atomic E-state index is 0.501. The summed E-state index contributed by atoms with van der Waals surface area (Å²) in [7, 11) is 1.59. The lowest BCUT2D eigenvalue weighted by atomic mass is 10.1. The molecule has 3 aromatic rings. The van der Waals surface area contributed by atoms with Crippen LogP contribution < -0.4 is 4.74 Å². The number of aromatic nitrogens is 2. The average molecular weight is 226 g/mol. The van der Waals surface area contributed by atoms with Crippen LogP contribution in [-0.2, 0) is 0 Å². The number of benzene rings is 1. The maximum atomic E-state index is 5.36. The number of hydrogen-bond donors (Lipinski definition) is 0. The van der Waals surface area contributed by atoms with Crippen LogP contribution in [-0.4, -0.2) is 17.1 Å². The normalized spacial score (nSPS) is 10.6. The van der Waals surface area contributed by atoms with E-state index in [0.29, 0.717) is 5.95 Å². The van der Waals surface area contributed by atoms with E-state index in [1.54, 1.807) is 32.0 Å². The molecule has 0 atom stereocenters. The minimum absolute atomic E-state index is 0.501. The van der Waals surface area contributed by atoms with Gasteiger partial charge < -0.3 is 9.15 Å². The Labute approximate surface area is 97.9 Å². The lowest BCUT2D eigenvalue weighted by molar-refractivity contribution is 0.310. The van der Waals surface area contributed by atoms with Crippen LogP contribution in [0.3, 0.4) is 0 Å². The van der Waals surface area contributed by atoms with E-state index in [0.717, 1.165) is 22.0 Å². The summed E-state index contributed by atoms with van der Waals surface area (Å²) in [5, 5.41) is 1.92. The molecule has 0 saturated carbocycles. The van der Waals surface area contributed by atoms with Crippen LogP contribution >= 0.6 is 0 Å². The Bertz CT molecular complexity index is 647. The van der Waals surface area contributed by atoms with Crippen molar-refractivity contribution in [2.24, 2.45) is 0 Å². The van der Waals surface area contributed by atoms with E-state index in [9.17, 15) is 0 Å². The maximum Gasteiger partial charge on any atom is 0.292 e. The van der Waals surface area contributed by atoms with Crippen molar-refractivity contribution in [3.63, 3.8) is 0 Å². The van der Waals surface area contributed by atoms with E-state index in [-0.39, 0.29) is 0 Å². The lowest BCUT2D eigenvalue weighted by Gasteiger charge is -2.02. The molecule has 0 bridgehead atoms. The molecule has 0 aliphatic heterocycles. The van der Waals surface area contributed by atoms with Crippen LogP contribution in [0.2, 0.25) is 0 Å². The zero-order chi connectivity index (χ0) is 11.7. The van der Waals surface area contributed by atoms with Gasteiger partial charge in [-0.15, -0.1) is 0 Å². The lowest BCUT2D eigenvalue weighted by Crippen LogP contribution is -1.87. The number of rotatable bonds is 2. The first-order valence-electron chi connectivity index (χ1n) is 5.21. The molecule has 0 fully saturated rings. The van der Waals surface area contributed by atoms with E-state index in [1.165, 1.54) is 0 Å². The largest absolute Gasteiger partial charge is 0.468 e. The van der Waals surface area contributed by atoms with Gasteiger partial charge in [0.1, 0.15) is 6.26 Å². The molecule has 1 aromatic carbocycles. The van der Waals surface area contributed by atoms with Gasteiger partial charge in [0.05, 0.1) is 24.4 Å². The molecule has 4 heteroatoms. The molecule has 3 rings (SSSR count). The quantitative estimate of drug-likeness (QED) is 0.674. The maximum absolute atomic E-state index is 5.36. The van der Waals surface area contributed by atoms with Gasteiger partial charge in [-0.25, -0.2) is 0 Å². The third-order valence-electron chi connectivity index (χ3n) is 2.62. The molecule has 0 radical (unpaired) electrons. The second-order valence-corrected chi connectivity index (χ2v) is 3.59. The van der Waals surface area contributed by atoms with Crippen LogP contribution in [0.4, 0.5) is 0 Å². The van der Waals surface area contributed by atoms with Crippen molar-refractivity contribution >= 4 is 10.8 Å². The van der Waals surface area contributed by atoms with Gasteiger partial charge >= 0.3 is 0 Å². The highest BCUT2D eigenvalue weighted by Gasteiger charge is 2.13. The molecule has 84 valence electrons. The zero-order valence-electron chi connectivity index (χ0n) is 9.25. The number of furan rings is 1. The van der Waals surface area contributed by atoms with Crippen LogP contribution in [0.5, 0.6) is 5.95 Å². The fourth-order valence-electron chi connectivity index (χ4n) is 1.87. The second-order valence-electron chi connectivity index (χ2n) is 3.59. The molecule has 0 aliphatic carbocycles. The van der Waals surface area contributed by atoms with Crippen molar-refractivity contribution in [3.05, 3.63) is 43.1 Å². The first-order chi connectivity index (χ1) is 8.40. The van der Waals surface area contributed by atoms with E-state index in [4.69, 9.17) is 9.15 Å². The van der Waals surface area contributed by atoms with Crippen molar-refractivity contribution < 1.29 is 9.15 Å². The highest BCUT2D eigenvalue weighted by atomic mass is 16.6. The highest BCUT2D eigenvalue weighted by Crippen LogP contribution is 2.35. The fourth-order valence-corrected chi connectivity index (χ4v) is 1.87. The highest BCUT2D eigenvalue weighted by molar-refractivity contribution is 5.98. The van der Waals surface area contributed by atoms with Crippen molar-refractivity contribution in [2.75, 3.05) is 7.11 Å². The van der Waals surface area contributed by atoms with Gasteiger partial charge in [-0.3, -0.25) is 9.97 Å². The Morgan fingerprint density at radius 3 is 2.94 bits per heavy atom. The molecule has 0 N–H and O–H groups in total. The van der Waals surface area contributed by atoms with E-state index >= 15 is 0 Å². The Hall–Kier alpha value is -2.36. The van der Waals surface area contributed by atoms with Crippen molar-refractivity contribution in [1.82, 2.24) is 9.97 Å². The smallest absolute Gasteiger partial charge is 0.292 e. The second kappa shape index (κ2) is 3.90. The summed E-state index contributed by atoms with van der Waals surface area (Å²) in [6.45, 7) is 0. The number of ether oxygens (including phenoxy) is 1. The van der Waals surface area contributed by atoms with Crippen molar-refractivity contribution in [2.45, 2.75) is 0 Å². The number of nitrogens with zero attached hydrogens (tertiary/aromatic N) is 2. The van der Waals surface area contributed by atoms with Gasteiger partial charge in [-0.2, -0.15) is 0 Å². The molecule has 0 saturated heterocycles. The summed E-state index contributed by atoms with van der Waals surface area (Å²) < 4.78 is 10.6. The van der Waals surface area contributed by atoms with Crippen LogP contribution in [0.1, 0.15) is 0 Å². The molecule has 0 spiro atoms. The topological polar surface area (TPSA) is 48.2 Å². The van der Waals surface area contributed by atoms with Crippen LogP contribution in [0.25, 0.3) is 22.0 Å². The molecule has 0 amide bonds. The summed E-state index contributed by atoms with van der Waals surface area (Å²) in [6.07, 6.45) is 6.71. The third kappa shape index (κ3) is 1.54. The Kier molecular flexibility index (Phi) is 2.26. The number of hydrogen-bond acceptors (Lipinski definition) is 4. The monoisotopic (exact) mass is 226 g/mol. The molecule has 2 heterocycles. The predicted octanol–water partition coefficient (Wildman–Crippen LogP) is 2.90.